The SMILES string of the molecule is C[C@H](C(=O)Nc1c(F)cccc1F)N1CCC(Cc2ccccc2)CC1. The summed E-state index contributed by atoms with van der Waals surface area (Å²) in [6.07, 6.45) is 3.08. The second-order valence-corrected chi connectivity index (χ2v) is 6.93. The maximum Gasteiger partial charge on any atom is 0.241 e. The second-order valence-electron chi connectivity index (χ2n) is 6.93. The summed E-state index contributed by atoms with van der Waals surface area (Å²) >= 11 is 0. The lowest BCUT2D eigenvalue weighted by molar-refractivity contribution is -0.121. The molecule has 1 aliphatic rings. The van der Waals surface area contributed by atoms with Gasteiger partial charge < -0.3 is 5.32 Å². The number of rotatable bonds is 5. The van der Waals surface area contributed by atoms with Crippen LogP contribution in [0.1, 0.15) is 25.3 Å². The number of carbonyl (C=O) groups is 1. The van der Waals surface area contributed by atoms with Crippen LogP contribution >= 0.6 is 0 Å². The Hall–Kier alpha value is -2.27. The van der Waals surface area contributed by atoms with E-state index in [0.717, 1.165) is 44.5 Å². The zero-order valence-corrected chi connectivity index (χ0v) is 14.9. The largest absolute Gasteiger partial charge is 0.320 e. The zero-order chi connectivity index (χ0) is 18.5. The van der Waals surface area contributed by atoms with Gasteiger partial charge in [-0.3, -0.25) is 9.69 Å². The van der Waals surface area contributed by atoms with Crippen molar-refractivity contribution in [1.82, 2.24) is 4.90 Å². The minimum absolute atomic E-state index is 0.372. The van der Waals surface area contributed by atoms with Gasteiger partial charge in [0.2, 0.25) is 5.91 Å². The third-order valence-corrected chi connectivity index (χ3v) is 5.15. The van der Waals surface area contributed by atoms with E-state index in [1.54, 1.807) is 6.92 Å². The fraction of sp³-hybridized carbons (Fsp3) is 0.381. The molecule has 1 saturated heterocycles. The fourth-order valence-electron chi connectivity index (χ4n) is 3.50. The molecule has 3 rings (SSSR count). The number of hydrogen-bond donors (Lipinski definition) is 1. The van der Waals surface area contributed by atoms with Gasteiger partial charge in [0.15, 0.2) is 0 Å². The molecule has 0 unspecified atom stereocenters. The summed E-state index contributed by atoms with van der Waals surface area (Å²) in [5, 5.41) is 2.40. The Labute approximate surface area is 153 Å². The van der Waals surface area contributed by atoms with Crippen molar-refractivity contribution >= 4 is 11.6 Å². The molecule has 0 aliphatic carbocycles. The molecule has 1 N–H and O–H groups in total. The second kappa shape index (κ2) is 8.41. The smallest absolute Gasteiger partial charge is 0.241 e. The van der Waals surface area contributed by atoms with Gasteiger partial charge in [0.05, 0.1) is 6.04 Å². The van der Waals surface area contributed by atoms with Gasteiger partial charge in [-0.25, -0.2) is 8.78 Å². The molecule has 5 heteroatoms. The molecule has 3 nitrogen and oxygen atoms in total. The first-order chi connectivity index (χ1) is 12.5. The van der Waals surface area contributed by atoms with Crippen LogP contribution in [0.25, 0.3) is 0 Å². The van der Waals surface area contributed by atoms with Crippen molar-refractivity contribution in [2.75, 3.05) is 18.4 Å². The van der Waals surface area contributed by atoms with Crippen LogP contribution in [0.15, 0.2) is 48.5 Å². The van der Waals surface area contributed by atoms with E-state index in [0.29, 0.717) is 5.92 Å². The Balaban J connectivity index is 1.53. The van der Waals surface area contributed by atoms with Crippen LogP contribution in [0.5, 0.6) is 0 Å². The minimum atomic E-state index is -0.757. The lowest BCUT2D eigenvalue weighted by Crippen LogP contribution is -2.46. The van der Waals surface area contributed by atoms with Crippen LogP contribution in [0.3, 0.4) is 0 Å². The summed E-state index contributed by atoms with van der Waals surface area (Å²) in [7, 11) is 0. The van der Waals surface area contributed by atoms with Crippen LogP contribution in [0.4, 0.5) is 14.5 Å². The maximum absolute atomic E-state index is 13.7. The highest BCUT2D eigenvalue weighted by atomic mass is 19.1. The van der Waals surface area contributed by atoms with Crippen LogP contribution < -0.4 is 5.32 Å². The highest BCUT2D eigenvalue weighted by Crippen LogP contribution is 2.24. The summed E-state index contributed by atoms with van der Waals surface area (Å²) in [4.78, 5) is 14.5. The number of amides is 1. The molecule has 2 aromatic carbocycles. The fourth-order valence-corrected chi connectivity index (χ4v) is 3.50. The molecule has 0 saturated carbocycles. The number of hydrogen-bond acceptors (Lipinski definition) is 2. The molecule has 0 spiro atoms. The molecule has 0 radical (unpaired) electrons. The van der Waals surface area contributed by atoms with Gasteiger partial charge in [-0.1, -0.05) is 36.4 Å². The standard InChI is InChI=1S/C21H24F2N2O/c1-15(21(26)24-20-18(22)8-5-9-19(20)23)25-12-10-17(11-13-25)14-16-6-3-2-4-7-16/h2-9,15,17H,10-14H2,1H3,(H,24,26)/t15-/m1/s1. The van der Waals surface area contributed by atoms with E-state index in [1.807, 2.05) is 6.07 Å². The van der Waals surface area contributed by atoms with Crippen molar-refractivity contribution in [1.29, 1.82) is 0 Å². The van der Waals surface area contributed by atoms with E-state index < -0.39 is 17.7 Å². The van der Waals surface area contributed by atoms with Crippen molar-refractivity contribution < 1.29 is 13.6 Å². The Morgan fingerprint density at radius 1 is 1.08 bits per heavy atom. The Bertz CT molecular complexity index is 723. The molecule has 0 bridgehead atoms. The number of benzene rings is 2. The lowest BCUT2D eigenvalue weighted by atomic mass is 9.89. The summed E-state index contributed by atoms with van der Waals surface area (Å²) in [5.41, 5.74) is 0.968. The number of nitrogens with one attached hydrogen (secondary N) is 1. The molecule has 1 atom stereocenters. The van der Waals surface area contributed by atoms with E-state index in [1.165, 1.54) is 11.6 Å². The van der Waals surface area contributed by atoms with Crippen molar-refractivity contribution in [3.63, 3.8) is 0 Å². The first-order valence-electron chi connectivity index (χ1n) is 9.07. The third-order valence-electron chi connectivity index (χ3n) is 5.15. The van der Waals surface area contributed by atoms with E-state index in [-0.39, 0.29) is 11.6 Å². The monoisotopic (exact) mass is 358 g/mol. The van der Waals surface area contributed by atoms with E-state index in [4.69, 9.17) is 0 Å². The average molecular weight is 358 g/mol. The van der Waals surface area contributed by atoms with Gasteiger partial charge in [0.25, 0.3) is 0 Å². The molecule has 1 amide bonds. The number of piperidine rings is 1. The molecule has 138 valence electrons. The first-order valence-corrected chi connectivity index (χ1v) is 9.07. The predicted molar refractivity (Wildman–Crippen MR) is 98.9 cm³/mol. The Morgan fingerprint density at radius 2 is 1.69 bits per heavy atom. The Morgan fingerprint density at radius 3 is 2.31 bits per heavy atom. The van der Waals surface area contributed by atoms with E-state index in [2.05, 4.69) is 34.5 Å². The topological polar surface area (TPSA) is 32.3 Å². The Kier molecular flexibility index (Phi) is 5.99. The normalized spacial score (nSPS) is 17.0. The number of nitrogens with zero attached hydrogens (tertiary/aromatic N) is 1. The van der Waals surface area contributed by atoms with Gasteiger partial charge in [-0.05, 0) is 62.9 Å². The summed E-state index contributed by atoms with van der Waals surface area (Å²) in [5.74, 6) is -1.29. The molecule has 2 aromatic rings. The van der Waals surface area contributed by atoms with Crippen molar-refractivity contribution in [2.24, 2.45) is 5.92 Å². The van der Waals surface area contributed by atoms with E-state index >= 15 is 0 Å². The van der Waals surface area contributed by atoms with Crippen molar-refractivity contribution in [2.45, 2.75) is 32.2 Å². The lowest BCUT2D eigenvalue weighted by Gasteiger charge is -2.35. The van der Waals surface area contributed by atoms with Crippen LogP contribution in [0.2, 0.25) is 0 Å². The quantitative estimate of drug-likeness (QED) is 0.867. The summed E-state index contributed by atoms with van der Waals surface area (Å²) in [6, 6.07) is 13.5. The van der Waals surface area contributed by atoms with Gasteiger partial charge in [-0.2, -0.15) is 0 Å². The number of halogens is 2. The van der Waals surface area contributed by atoms with Gasteiger partial charge in [0, 0.05) is 0 Å². The van der Waals surface area contributed by atoms with Gasteiger partial charge in [0.1, 0.15) is 17.3 Å². The van der Waals surface area contributed by atoms with Crippen molar-refractivity contribution in [3.8, 4) is 0 Å². The maximum atomic E-state index is 13.7. The molecule has 1 fully saturated rings. The predicted octanol–water partition coefficient (Wildman–Crippen LogP) is 4.25. The molecule has 1 heterocycles. The number of para-hydroxylation sites is 1. The highest BCUT2D eigenvalue weighted by Gasteiger charge is 2.27. The summed E-state index contributed by atoms with van der Waals surface area (Å²) in [6.45, 7) is 3.41. The van der Waals surface area contributed by atoms with Gasteiger partial charge >= 0.3 is 0 Å². The molecule has 0 aromatic heterocycles. The highest BCUT2D eigenvalue weighted by molar-refractivity contribution is 5.94. The third kappa shape index (κ3) is 4.47. The molecular weight excluding hydrogens is 334 g/mol. The van der Waals surface area contributed by atoms with Gasteiger partial charge in [-0.15, -0.1) is 0 Å². The number of anilines is 1. The minimum Gasteiger partial charge on any atom is -0.320 e. The molecular formula is C21H24F2N2O. The summed E-state index contributed by atoms with van der Waals surface area (Å²) < 4.78 is 27.4. The van der Waals surface area contributed by atoms with Crippen LogP contribution in [-0.2, 0) is 11.2 Å². The molecule has 26 heavy (non-hydrogen) atoms. The average Bonchev–Trinajstić information content (AvgIpc) is 2.65. The number of likely N-dealkylation sites (tertiary alicyclic amines) is 1. The zero-order valence-electron chi connectivity index (χ0n) is 14.9. The first kappa shape index (κ1) is 18.5. The van der Waals surface area contributed by atoms with Crippen molar-refractivity contribution in [3.05, 3.63) is 65.7 Å². The van der Waals surface area contributed by atoms with E-state index in [9.17, 15) is 13.6 Å². The molecule has 1 aliphatic heterocycles. The number of carbonyl (C=O) groups excluding carboxylic acids is 1. The van der Waals surface area contributed by atoms with Crippen LogP contribution in [-0.4, -0.2) is 29.9 Å². The van der Waals surface area contributed by atoms with Crippen LogP contribution in [0, 0.1) is 17.6 Å².